The Kier molecular flexibility index (Phi) is 3.88. The van der Waals surface area contributed by atoms with Gasteiger partial charge in [-0.15, -0.1) is 0 Å². The van der Waals surface area contributed by atoms with Crippen LogP contribution in [0.15, 0.2) is 46.1 Å². The molecule has 0 saturated carbocycles. The first-order valence-corrected chi connectivity index (χ1v) is 5.88. The van der Waals surface area contributed by atoms with Crippen molar-refractivity contribution < 1.29 is 9.18 Å². The number of hydrogen-bond acceptors (Lipinski definition) is 2. The smallest absolute Gasteiger partial charge is 0.287 e. The highest BCUT2D eigenvalue weighted by atomic mass is 79.9. The number of hydrogen-bond donors (Lipinski definition) is 2. The highest BCUT2D eigenvalue weighted by Crippen LogP contribution is 2.10. The number of carbonyl (C=O) groups excluding carboxylic acids is 1. The predicted molar refractivity (Wildman–Crippen MR) is 70.0 cm³/mol. The first-order chi connectivity index (χ1) is 8.66. The molecule has 18 heavy (non-hydrogen) atoms. The van der Waals surface area contributed by atoms with Crippen molar-refractivity contribution in [3.8, 4) is 0 Å². The summed E-state index contributed by atoms with van der Waals surface area (Å²) in [7, 11) is 0. The van der Waals surface area contributed by atoms with Crippen LogP contribution in [0.3, 0.4) is 0 Å². The van der Waals surface area contributed by atoms with Crippen molar-refractivity contribution in [3.63, 3.8) is 0 Å². The minimum absolute atomic E-state index is 0.311. The topological polar surface area (TPSA) is 57.2 Å². The second kappa shape index (κ2) is 5.59. The largest absolute Gasteiger partial charge is 0.356 e. The predicted octanol–water partition coefficient (Wildman–Crippen LogP) is 2.68. The molecule has 0 atom stereocenters. The molecule has 2 aromatic rings. The summed E-state index contributed by atoms with van der Waals surface area (Å²) in [5.74, 6) is -0.786. The molecule has 0 bridgehead atoms. The maximum Gasteiger partial charge on any atom is 0.287 e. The van der Waals surface area contributed by atoms with E-state index in [0.29, 0.717) is 11.3 Å². The van der Waals surface area contributed by atoms with Crippen molar-refractivity contribution in [2.75, 3.05) is 0 Å². The molecule has 0 aliphatic heterocycles. The van der Waals surface area contributed by atoms with Gasteiger partial charge >= 0.3 is 0 Å². The number of halogens is 2. The monoisotopic (exact) mass is 309 g/mol. The fourth-order valence-corrected chi connectivity index (χ4v) is 1.64. The van der Waals surface area contributed by atoms with Crippen LogP contribution in [0.2, 0.25) is 0 Å². The Morgan fingerprint density at radius 3 is 2.89 bits per heavy atom. The summed E-state index contributed by atoms with van der Waals surface area (Å²) in [6.07, 6.45) is 2.89. The third kappa shape index (κ3) is 3.04. The minimum atomic E-state index is -0.395. The number of aromatic amines is 1. The molecule has 1 aromatic carbocycles. The van der Waals surface area contributed by atoms with Crippen LogP contribution in [-0.4, -0.2) is 17.1 Å². The average molecular weight is 310 g/mol. The molecule has 0 spiro atoms. The van der Waals surface area contributed by atoms with Gasteiger partial charge in [0.2, 0.25) is 0 Å². The zero-order valence-corrected chi connectivity index (χ0v) is 10.7. The van der Waals surface area contributed by atoms with Crippen LogP contribution in [0.5, 0.6) is 0 Å². The van der Waals surface area contributed by atoms with Gasteiger partial charge in [-0.2, -0.15) is 5.10 Å². The second-order valence-corrected chi connectivity index (χ2v) is 4.37. The van der Waals surface area contributed by atoms with Gasteiger partial charge in [-0.05, 0) is 28.1 Å². The Labute approximate surface area is 111 Å². The van der Waals surface area contributed by atoms with E-state index in [-0.39, 0.29) is 0 Å². The molecule has 1 aromatic heterocycles. The summed E-state index contributed by atoms with van der Waals surface area (Å²) in [6.45, 7) is 0. The fraction of sp³-hybridized carbons (Fsp3) is 0. The number of hydrazone groups is 1. The van der Waals surface area contributed by atoms with Crippen LogP contribution < -0.4 is 5.43 Å². The number of carbonyl (C=O) groups is 1. The van der Waals surface area contributed by atoms with Crippen LogP contribution >= 0.6 is 15.9 Å². The lowest BCUT2D eigenvalue weighted by molar-refractivity contribution is 0.0951. The van der Waals surface area contributed by atoms with Crippen LogP contribution in [0, 0.1) is 5.82 Å². The third-order valence-corrected chi connectivity index (χ3v) is 2.63. The molecule has 92 valence electrons. The number of rotatable bonds is 3. The van der Waals surface area contributed by atoms with Gasteiger partial charge < -0.3 is 4.98 Å². The maximum atomic E-state index is 13.2. The molecule has 0 fully saturated rings. The number of nitrogens with one attached hydrogen (secondary N) is 2. The Bertz CT molecular complexity index is 595. The van der Waals surface area contributed by atoms with E-state index in [1.54, 1.807) is 30.5 Å². The van der Waals surface area contributed by atoms with Gasteiger partial charge in [0.15, 0.2) is 0 Å². The molecule has 1 amide bonds. The lowest BCUT2D eigenvalue weighted by Crippen LogP contribution is -2.17. The van der Waals surface area contributed by atoms with E-state index >= 15 is 0 Å². The molecular formula is C12H9BrFN3O. The number of nitrogens with zero attached hydrogens (tertiary/aromatic N) is 1. The highest BCUT2D eigenvalue weighted by Gasteiger charge is 2.06. The number of benzene rings is 1. The number of aromatic nitrogens is 1. The normalized spacial score (nSPS) is 10.8. The third-order valence-electron chi connectivity index (χ3n) is 2.17. The Morgan fingerprint density at radius 1 is 1.44 bits per heavy atom. The van der Waals surface area contributed by atoms with Crippen molar-refractivity contribution in [2.24, 2.45) is 5.10 Å². The van der Waals surface area contributed by atoms with Gasteiger partial charge in [-0.1, -0.05) is 18.2 Å². The van der Waals surface area contributed by atoms with E-state index < -0.39 is 11.7 Å². The first kappa shape index (κ1) is 12.5. The molecule has 6 heteroatoms. The summed E-state index contributed by atoms with van der Waals surface area (Å²) < 4.78 is 14.0. The van der Waals surface area contributed by atoms with E-state index in [9.17, 15) is 9.18 Å². The maximum absolute atomic E-state index is 13.2. The van der Waals surface area contributed by atoms with Crippen LogP contribution in [0.1, 0.15) is 16.1 Å². The summed E-state index contributed by atoms with van der Waals surface area (Å²) in [4.78, 5) is 14.3. The van der Waals surface area contributed by atoms with Crippen molar-refractivity contribution in [1.29, 1.82) is 0 Å². The Morgan fingerprint density at radius 2 is 2.22 bits per heavy atom. The van der Waals surface area contributed by atoms with E-state index in [4.69, 9.17) is 0 Å². The number of amides is 1. The van der Waals surface area contributed by atoms with Crippen molar-refractivity contribution in [1.82, 2.24) is 10.4 Å². The summed E-state index contributed by atoms with van der Waals surface area (Å²) in [5.41, 5.74) is 2.98. The molecule has 1 heterocycles. The highest BCUT2D eigenvalue weighted by molar-refractivity contribution is 9.10. The van der Waals surface area contributed by atoms with Crippen LogP contribution in [-0.2, 0) is 0 Å². The van der Waals surface area contributed by atoms with E-state index in [1.165, 1.54) is 12.3 Å². The van der Waals surface area contributed by atoms with E-state index in [1.807, 2.05) is 0 Å². The van der Waals surface area contributed by atoms with Gasteiger partial charge in [-0.25, -0.2) is 9.82 Å². The standard InChI is InChI=1S/C12H9BrFN3O/c13-9-5-11(15-7-9)12(18)17-16-6-8-3-1-2-4-10(8)14/h1-7,15H,(H,17,18)/b16-6-. The summed E-state index contributed by atoms with van der Waals surface area (Å²) in [6, 6.07) is 7.78. The van der Waals surface area contributed by atoms with Crippen molar-refractivity contribution in [3.05, 3.63) is 58.1 Å². The zero-order valence-electron chi connectivity index (χ0n) is 9.15. The van der Waals surface area contributed by atoms with Crippen LogP contribution in [0.25, 0.3) is 0 Å². The second-order valence-electron chi connectivity index (χ2n) is 3.45. The SMILES string of the molecule is O=C(N/N=C\c1ccccc1F)c1cc(Br)c[nH]1. The number of H-pyrrole nitrogens is 1. The first-order valence-electron chi connectivity index (χ1n) is 5.08. The molecular weight excluding hydrogens is 301 g/mol. The van der Waals surface area contributed by atoms with Crippen LogP contribution in [0.4, 0.5) is 4.39 Å². The molecule has 2 rings (SSSR count). The molecule has 0 unspecified atom stereocenters. The van der Waals surface area contributed by atoms with Gasteiger partial charge in [-0.3, -0.25) is 4.79 Å². The average Bonchev–Trinajstić information content (AvgIpc) is 2.78. The lowest BCUT2D eigenvalue weighted by Gasteiger charge is -1.97. The quantitative estimate of drug-likeness (QED) is 0.664. The molecule has 0 radical (unpaired) electrons. The van der Waals surface area contributed by atoms with Crippen molar-refractivity contribution in [2.45, 2.75) is 0 Å². The summed E-state index contributed by atoms with van der Waals surface area (Å²) in [5, 5.41) is 3.69. The molecule has 0 aliphatic rings. The summed E-state index contributed by atoms with van der Waals surface area (Å²) >= 11 is 3.22. The van der Waals surface area contributed by atoms with Gasteiger partial charge in [0.1, 0.15) is 11.5 Å². The minimum Gasteiger partial charge on any atom is -0.356 e. The molecule has 0 saturated heterocycles. The van der Waals surface area contributed by atoms with Crippen molar-refractivity contribution >= 4 is 28.1 Å². The zero-order chi connectivity index (χ0) is 13.0. The lowest BCUT2D eigenvalue weighted by atomic mass is 10.2. The fourth-order valence-electron chi connectivity index (χ4n) is 1.30. The van der Waals surface area contributed by atoms with E-state index in [2.05, 4.69) is 31.4 Å². The Hall–Kier alpha value is -1.95. The molecule has 0 aliphatic carbocycles. The van der Waals surface area contributed by atoms with Gasteiger partial charge in [0.05, 0.1) is 6.21 Å². The Balaban J connectivity index is 2.00. The molecule has 2 N–H and O–H groups in total. The van der Waals surface area contributed by atoms with Gasteiger partial charge in [0.25, 0.3) is 5.91 Å². The molecule has 4 nitrogen and oxygen atoms in total. The van der Waals surface area contributed by atoms with E-state index in [0.717, 1.165) is 4.47 Å². The van der Waals surface area contributed by atoms with Gasteiger partial charge in [0, 0.05) is 16.2 Å².